The van der Waals surface area contributed by atoms with Gasteiger partial charge in [0.05, 0.1) is 12.0 Å². The van der Waals surface area contributed by atoms with Gasteiger partial charge in [-0.05, 0) is 43.6 Å². The van der Waals surface area contributed by atoms with E-state index >= 15 is 0 Å². The summed E-state index contributed by atoms with van der Waals surface area (Å²) in [5.41, 5.74) is 1.03. The van der Waals surface area contributed by atoms with Crippen LogP contribution in [0.5, 0.6) is 0 Å². The van der Waals surface area contributed by atoms with Gasteiger partial charge in [0.1, 0.15) is 0 Å². The molecule has 1 saturated heterocycles. The summed E-state index contributed by atoms with van der Waals surface area (Å²) in [6.07, 6.45) is 1.54. The Hall–Kier alpha value is -1.63. The molecule has 1 aromatic carbocycles. The molecule has 0 saturated carbocycles. The Morgan fingerprint density at radius 2 is 2.00 bits per heavy atom. The Labute approximate surface area is 149 Å². The third-order valence-corrected chi connectivity index (χ3v) is 4.33. The lowest BCUT2D eigenvalue weighted by atomic mass is 9.78. The highest BCUT2D eigenvalue weighted by Crippen LogP contribution is 2.29. The van der Waals surface area contributed by atoms with Crippen molar-refractivity contribution in [3.05, 3.63) is 35.4 Å². The maximum atomic E-state index is 12.7. The van der Waals surface area contributed by atoms with Crippen molar-refractivity contribution >= 4 is 24.2 Å². The van der Waals surface area contributed by atoms with Gasteiger partial charge in [-0.1, -0.05) is 12.1 Å². The summed E-state index contributed by atoms with van der Waals surface area (Å²) in [5.74, 6) is -0.112. The van der Waals surface area contributed by atoms with E-state index in [9.17, 15) is 9.59 Å². The highest BCUT2D eigenvalue weighted by molar-refractivity contribution is 5.94. The first-order valence-corrected chi connectivity index (χ1v) is 7.90. The molecule has 6 nitrogen and oxygen atoms in total. The molecular weight excluding hydrogens is 330 g/mol. The molecule has 2 rings (SSSR count). The summed E-state index contributed by atoms with van der Waals surface area (Å²) in [6.45, 7) is 2.48. The van der Waals surface area contributed by atoms with Crippen molar-refractivity contribution in [3.8, 4) is 0 Å². The number of carbonyl (C=O) groups excluding carboxylic acids is 2. The molecular formula is C17H26ClN3O3. The van der Waals surface area contributed by atoms with E-state index < -0.39 is 5.41 Å². The number of hydrogen-bond acceptors (Lipinski definition) is 4. The van der Waals surface area contributed by atoms with Gasteiger partial charge < -0.3 is 20.7 Å². The molecule has 0 aliphatic carbocycles. The molecule has 0 spiro atoms. The summed E-state index contributed by atoms with van der Waals surface area (Å²) in [7, 11) is 3.23. The number of methoxy groups -OCH3 is 1. The predicted octanol–water partition coefficient (Wildman–Crippen LogP) is 1.10. The van der Waals surface area contributed by atoms with Gasteiger partial charge in [0.15, 0.2) is 0 Å². The van der Waals surface area contributed by atoms with Crippen molar-refractivity contribution in [1.82, 2.24) is 16.0 Å². The first kappa shape index (κ1) is 20.4. The summed E-state index contributed by atoms with van der Waals surface area (Å²) >= 11 is 0. The smallest absolute Gasteiger partial charge is 0.251 e. The van der Waals surface area contributed by atoms with Crippen LogP contribution in [0.1, 0.15) is 28.8 Å². The average molecular weight is 356 g/mol. The number of ether oxygens (including phenoxy) is 1. The van der Waals surface area contributed by atoms with Crippen LogP contribution < -0.4 is 16.0 Å². The standard InChI is InChI=1S/C17H25N3O3.ClH/c1-18-15(21)14-5-3-4-13(10-14)11-20-16(22)17(12-23-2)6-8-19-9-7-17;/h3-5,10,19H,6-9,11-12H2,1-2H3,(H,18,21)(H,20,22);1H. The van der Waals surface area contributed by atoms with Gasteiger partial charge in [-0.3, -0.25) is 9.59 Å². The minimum atomic E-state index is -0.460. The monoisotopic (exact) mass is 355 g/mol. The fourth-order valence-corrected chi connectivity index (χ4v) is 2.96. The molecule has 2 amide bonds. The van der Waals surface area contributed by atoms with Gasteiger partial charge >= 0.3 is 0 Å². The van der Waals surface area contributed by atoms with Crippen LogP contribution in [0.2, 0.25) is 0 Å². The summed E-state index contributed by atoms with van der Waals surface area (Å²) in [5, 5.41) is 8.87. The van der Waals surface area contributed by atoms with Gasteiger partial charge in [-0.15, -0.1) is 12.4 Å². The lowest BCUT2D eigenvalue weighted by molar-refractivity contribution is -0.136. The van der Waals surface area contributed by atoms with E-state index in [1.807, 2.05) is 12.1 Å². The molecule has 7 heteroatoms. The molecule has 0 aromatic heterocycles. The van der Waals surface area contributed by atoms with Crippen LogP contribution >= 0.6 is 12.4 Å². The quantitative estimate of drug-likeness (QED) is 0.714. The van der Waals surface area contributed by atoms with E-state index in [-0.39, 0.29) is 24.2 Å². The first-order valence-electron chi connectivity index (χ1n) is 7.90. The molecule has 3 N–H and O–H groups in total. The van der Waals surface area contributed by atoms with E-state index in [1.54, 1.807) is 26.3 Å². The second-order valence-corrected chi connectivity index (χ2v) is 5.93. The lowest BCUT2D eigenvalue weighted by Gasteiger charge is -2.35. The molecule has 1 aliphatic heterocycles. The summed E-state index contributed by atoms with van der Waals surface area (Å²) < 4.78 is 5.28. The van der Waals surface area contributed by atoms with Crippen LogP contribution in [0.4, 0.5) is 0 Å². The van der Waals surface area contributed by atoms with Crippen molar-refractivity contribution in [2.45, 2.75) is 19.4 Å². The Bertz CT molecular complexity index is 554. The van der Waals surface area contributed by atoms with Gasteiger partial charge in [0.2, 0.25) is 5.91 Å². The number of halogens is 1. The fourth-order valence-electron chi connectivity index (χ4n) is 2.96. The third kappa shape index (κ3) is 4.93. The summed E-state index contributed by atoms with van der Waals surface area (Å²) in [6, 6.07) is 7.27. The van der Waals surface area contributed by atoms with Crippen LogP contribution in [0, 0.1) is 5.41 Å². The zero-order chi connectivity index (χ0) is 16.7. The number of piperidine rings is 1. The number of benzene rings is 1. The van der Waals surface area contributed by atoms with Gasteiger partial charge in [0.25, 0.3) is 5.91 Å². The Morgan fingerprint density at radius 1 is 1.29 bits per heavy atom. The minimum absolute atomic E-state index is 0. The molecule has 0 atom stereocenters. The van der Waals surface area contributed by atoms with E-state index in [1.165, 1.54) is 0 Å². The molecule has 0 bridgehead atoms. The maximum absolute atomic E-state index is 12.7. The molecule has 24 heavy (non-hydrogen) atoms. The molecule has 1 fully saturated rings. The molecule has 1 aliphatic rings. The van der Waals surface area contributed by atoms with Crippen molar-refractivity contribution in [1.29, 1.82) is 0 Å². The van der Waals surface area contributed by atoms with E-state index in [0.29, 0.717) is 18.7 Å². The normalized spacial score (nSPS) is 15.9. The highest BCUT2D eigenvalue weighted by Gasteiger charge is 2.39. The fraction of sp³-hybridized carbons (Fsp3) is 0.529. The largest absolute Gasteiger partial charge is 0.384 e. The Balaban J connectivity index is 0.00000288. The SMILES string of the molecule is CNC(=O)c1cccc(CNC(=O)C2(COC)CCNCC2)c1.Cl. The predicted molar refractivity (Wildman–Crippen MR) is 95.3 cm³/mol. The first-order chi connectivity index (χ1) is 11.1. The molecule has 0 unspecified atom stereocenters. The van der Waals surface area contributed by atoms with Crippen molar-refractivity contribution in [3.63, 3.8) is 0 Å². The number of hydrogen-bond donors (Lipinski definition) is 3. The number of carbonyl (C=O) groups is 2. The van der Waals surface area contributed by atoms with Crippen LogP contribution in [-0.4, -0.2) is 45.7 Å². The van der Waals surface area contributed by atoms with Crippen LogP contribution in [0.25, 0.3) is 0 Å². The second-order valence-electron chi connectivity index (χ2n) is 5.93. The highest BCUT2D eigenvalue weighted by atomic mass is 35.5. The average Bonchev–Trinajstić information content (AvgIpc) is 2.60. The van der Waals surface area contributed by atoms with Crippen LogP contribution in [0.15, 0.2) is 24.3 Å². The van der Waals surface area contributed by atoms with Gasteiger partial charge in [-0.2, -0.15) is 0 Å². The van der Waals surface area contributed by atoms with E-state index in [0.717, 1.165) is 31.5 Å². The van der Waals surface area contributed by atoms with Crippen LogP contribution in [-0.2, 0) is 16.1 Å². The Kier molecular flexibility index (Phi) is 8.18. The molecule has 1 heterocycles. The molecule has 0 radical (unpaired) electrons. The third-order valence-electron chi connectivity index (χ3n) is 4.33. The molecule has 134 valence electrons. The van der Waals surface area contributed by atoms with Crippen molar-refractivity contribution < 1.29 is 14.3 Å². The van der Waals surface area contributed by atoms with E-state index in [2.05, 4.69) is 16.0 Å². The van der Waals surface area contributed by atoms with Crippen molar-refractivity contribution in [2.75, 3.05) is 33.9 Å². The van der Waals surface area contributed by atoms with Gasteiger partial charge in [-0.25, -0.2) is 0 Å². The zero-order valence-electron chi connectivity index (χ0n) is 14.2. The topological polar surface area (TPSA) is 79.5 Å². The number of amides is 2. The second kappa shape index (κ2) is 9.61. The number of rotatable bonds is 6. The van der Waals surface area contributed by atoms with Crippen LogP contribution in [0.3, 0.4) is 0 Å². The maximum Gasteiger partial charge on any atom is 0.251 e. The Morgan fingerprint density at radius 3 is 2.62 bits per heavy atom. The molecule has 1 aromatic rings. The van der Waals surface area contributed by atoms with Crippen molar-refractivity contribution in [2.24, 2.45) is 5.41 Å². The number of nitrogens with one attached hydrogen (secondary N) is 3. The summed E-state index contributed by atoms with van der Waals surface area (Å²) in [4.78, 5) is 24.3. The zero-order valence-corrected chi connectivity index (χ0v) is 15.0. The van der Waals surface area contributed by atoms with E-state index in [4.69, 9.17) is 4.74 Å². The lowest BCUT2D eigenvalue weighted by Crippen LogP contribution is -2.49. The van der Waals surface area contributed by atoms with Gasteiger partial charge in [0, 0.05) is 26.3 Å². The minimum Gasteiger partial charge on any atom is -0.384 e.